The van der Waals surface area contributed by atoms with Gasteiger partial charge in [0.1, 0.15) is 34.5 Å². The normalized spacial score (nSPS) is 21.0. The lowest BCUT2D eigenvalue weighted by Crippen LogP contribution is -2.43. The van der Waals surface area contributed by atoms with Crippen molar-refractivity contribution in [1.82, 2.24) is 29.5 Å². The van der Waals surface area contributed by atoms with E-state index >= 15 is 0 Å². The van der Waals surface area contributed by atoms with Crippen LogP contribution < -0.4 is 10.6 Å². The van der Waals surface area contributed by atoms with Crippen molar-refractivity contribution in [3.63, 3.8) is 0 Å². The number of aliphatic hydroxyl groups excluding tert-OH is 1. The van der Waals surface area contributed by atoms with Gasteiger partial charge in [0.25, 0.3) is 0 Å². The number of esters is 2. The molecule has 5 aromatic rings. The minimum atomic E-state index is -0.661. The van der Waals surface area contributed by atoms with Crippen LogP contribution in [0.1, 0.15) is 146 Å². The van der Waals surface area contributed by atoms with Crippen LogP contribution >= 0.6 is 35.0 Å². The monoisotopic (exact) mass is 1020 g/mol. The number of thioether (sulfide) groups is 1. The molecule has 4 heterocycles. The molecule has 2 aliphatic rings. The predicted octanol–water partition coefficient (Wildman–Crippen LogP) is 13.3. The quantitative estimate of drug-likeness (QED) is 0.102. The molecule has 3 N–H and O–H groups in total. The summed E-state index contributed by atoms with van der Waals surface area (Å²) in [5.41, 5.74) is -1.06. The van der Waals surface area contributed by atoms with Crippen molar-refractivity contribution < 1.29 is 24.2 Å². The van der Waals surface area contributed by atoms with Crippen LogP contribution in [-0.2, 0) is 43.0 Å². The standard InChI is InChI=1S/C30H38Cl2N4O2S.C24H36N4O3/c1-28(2,3)36-25(15-18-33-36)35-24-12-7-9-20(34-24)19-30(27(37)38-29(4,5)6)16-13-21(14-17-30)39-23-11-8-10-22(31)26(23)32;1-22(2,3)28-20(12-15-25-28)27-19-9-7-8-17(26-19)16-24(13-10-18(29)11-14-24)21(30)31-23(4,5)6/h7-12,15,18,21H,13-14,16-17,19H2,1-6H3,(H,34,35);7-9,12,15,18,29H,10-11,13-14,16H2,1-6H3,(H,26,27). The van der Waals surface area contributed by atoms with Crippen molar-refractivity contribution in [2.24, 2.45) is 10.8 Å². The maximum Gasteiger partial charge on any atom is 0.312 e. The van der Waals surface area contributed by atoms with E-state index in [0.29, 0.717) is 72.5 Å². The Morgan fingerprint density at radius 1 is 0.643 bits per heavy atom. The molecule has 0 unspecified atom stereocenters. The zero-order valence-electron chi connectivity index (χ0n) is 43.2. The third-order valence-electron chi connectivity index (χ3n) is 12.4. The molecule has 0 atom stereocenters. The average molecular weight is 1020 g/mol. The van der Waals surface area contributed by atoms with Gasteiger partial charge in [-0.15, -0.1) is 11.8 Å². The molecule has 2 fully saturated rings. The third-order valence-corrected chi connectivity index (χ3v) is 14.7. The van der Waals surface area contributed by atoms with Crippen LogP contribution in [-0.4, -0.2) is 69.1 Å². The summed E-state index contributed by atoms with van der Waals surface area (Å²) < 4.78 is 15.6. The fourth-order valence-electron chi connectivity index (χ4n) is 8.97. The van der Waals surface area contributed by atoms with Crippen LogP contribution in [0.5, 0.6) is 0 Å². The highest BCUT2D eigenvalue weighted by Gasteiger charge is 2.46. The molecule has 0 bridgehead atoms. The van der Waals surface area contributed by atoms with Gasteiger partial charge in [0.2, 0.25) is 0 Å². The summed E-state index contributed by atoms with van der Waals surface area (Å²) in [6, 6.07) is 21.3. The maximum atomic E-state index is 13.7. The molecule has 2 aliphatic carbocycles. The molecule has 0 amide bonds. The first kappa shape index (κ1) is 54.7. The van der Waals surface area contributed by atoms with Crippen molar-refractivity contribution in [1.29, 1.82) is 0 Å². The number of hydrogen-bond donors (Lipinski definition) is 3. The zero-order valence-corrected chi connectivity index (χ0v) is 45.5. The van der Waals surface area contributed by atoms with Crippen molar-refractivity contribution in [2.45, 2.75) is 186 Å². The number of carbonyl (C=O) groups excluding carboxylic acids is 2. The van der Waals surface area contributed by atoms with Crippen LogP contribution in [0.4, 0.5) is 23.3 Å². The molecule has 1 aromatic carbocycles. The smallest absolute Gasteiger partial charge is 0.312 e. The second-order valence-corrected chi connectivity index (χ2v) is 25.0. The van der Waals surface area contributed by atoms with Crippen molar-refractivity contribution in [3.8, 4) is 0 Å². The molecule has 16 heteroatoms. The van der Waals surface area contributed by atoms with Gasteiger partial charge in [0.15, 0.2) is 0 Å². The lowest BCUT2D eigenvalue weighted by molar-refractivity contribution is -0.171. The van der Waals surface area contributed by atoms with Gasteiger partial charge >= 0.3 is 11.9 Å². The number of hydrogen-bond acceptors (Lipinski definition) is 12. The van der Waals surface area contributed by atoms with Crippen molar-refractivity contribution >= 4 is 70.2 Å². The van der Waals surface area contributed by atoms with E-state index in [4.69, 9.17) is 42.6 Å². The highest BCUT2D eigenvalue weighted by molar-refractivity contribution is 8.00. The van der Waals surface area contributed by atoms with Gasteiger partial charge in [-0.25, -0.2) is 19.3 Å². The number of halogens is 2. The van der Waals surface area contributed by atoms with E-state index in [1.807, 2.05) is 112 Å². The number of nitrogens with zero attached hydrogens (tertiary/aromatic N) is 6. The van der Waals surface area contributed by atoms with Crippen molar-refractivity contribution in [3.05, 3.63) is 101 Å². The Bertz CT molecular complexity index is 2550. The number of nitrogens with one attached hydrogen (secondary N) is 2. The Morgan fingerprint density at radius 2 is 1.06 bits per heavy atom. The SMILES string of the molecule is CC(C)(C)OC(=O)C1(Cc2cccc(Nc3ccnn3C(C)(C)C)n2)CCC(O)CC1.CC(C)(C)OC(=O)C1(Cc2cccc(Nc3ccnn3C(C)(C)C)n2)CCC(Sc2cccc(Cl)c2Cl)CC1. The van der Waals surface area contributed by atoms with Gasteiger partial charge in [-0.3, -0.25) is 9.59 Å². The summed E-state index contributed by atoms with van der Waals surface area (Å²) in [6.45, 7) is 24.0. The maximum absolute atomic E-state index is 13.7. The minimum Gasteiger partial charge on any atom is -0.460 e. The number of carbonyl (C=O) groups is 2. The van der Waals surface area contributed by atoms with Crippen LogP contribution in [0, 0.1) is 10.8 Å². The van der Waals surface area contributed by atoms with Crippen LogP contribution in [0.25, 0.3) is 0 Å². The third kappa shape index (κ3) is 14.7. The molecule has 0 spiro atoms. The summed E-state index contributed by atoms with van der Waals surface area (Å²) in [7, 11) is 0. The van der Waals surface area contributed by atoms with E-state index in [2.05, 4.69) is 62.4 Å². The lowest BCUT2D eigenvalue weighted by atomic mass is 9.70. The Kier molecular flexibility index (Phi) is 17.2. The minimum absolute atomic E-state index is 0.148. The number of aromatic nitrogens is 6. The topological polar surface area (TPSA) is 158 Å². The van der Waals surface area contributed by atoms with Gasteiger partial charge in [-0.1, -0.05) is 41.4 Å². The van der Waals surface area contributed by atoms with E-state index in [1.54, 1.807) is 30.2 Å². The first-order chi connectivity index (χ1) is 32.6. The number of anilines is 4. The molecule has 0 radical (unpaired) electrons. The molecule has 2 saturated carbocycles. The highest BCUT2D eigenvalue weighted by atomic mass is 35.5. The molecule has 380 valence electrons. The van der Waals surface area contributed by atoms with Crippen LogP contribution in [0.15, 0.2) is 84.0 Å². The fraction of sp³-hybridized carbons (Fsp3) is 0.556. The van der Waals surface area contributed by atoms with Gasteiger partial charge < -0.3 is 25.2 Å². The first-order valence-corrected chi connectivity index (χ1v) is 26.1. The number of ether oxygens (including phenoxy) is 2. The van der Waals surface area contributed by atoms with E-state index in [-0.39, 0.29) is 29.1 Å². The number of aliphatic hydroxyl groups is 1. The van der Waals surface area contributed by atoms with Gasteiger partial charge in [0, 0.05) is 46.5 Å². The molecule has 0 aliphatic heterocycles. The van der Waals surface area contributed by atoms with E-state index in [1.165, 1.54) is 0 Å². The van der Waals surface area contributed by atoms with Crippen LogP contribution in [0.2, 0.25) is 10.0 Å². The van der Waals surface area contributed by atoms with Gasteiger partial charge in [0.05, 0.1) is 50.5 Å². The fourth-order valence-corrected chi connectivity index (χ4v) is 10.7. The molecular weight excluding hydrogens is 944 g/mol. The molecule has 70 heavy (non-hydrogen) atoms. The summed E-state index contributed by atoms with van der Waals surface area (Å²) in [4.78, 5) is 37.5. The van der Waals surface area contributed by atoms with E-state index in [9.17, 15) is 14.7 Å². The van der Waals surface area contributed by atoms with E-state index < -0.39 is 22.0 Å². The predicted molar refractivity (Wildman–Crippen MR) is 282 cm³/mol. The number of rotatable bonds is 12. The molecule has 13 nitrogen and oxygen atoms in total. The molecule has 0 saturated heterocycles. The Hall–Kier alpha value is -4.63. The Balaban J connectivity index is 0.000000236. The summed E-state index contributed by atoms with van der Waals surface area (Å²) >= 11 is 14.4. The number of pyridine rings is 2. The zero-order chi connectivity index (χ0) is 51.3. The number of benzene rings is 1. The Labute approximate surface area is 429 Å². The largest absolute Gasteiger partial charge is 0.460 e. The van der Waals surface area contributed by atoms with Gasteiger partial charge in [-0.05, 0) is 171 Å². The lowest BCUT2D eigenvalue weighted by Gasteiger charge is -2.39. The molecular formula is C54H74Cl2N8O5S. The Morgan fingerprint density at radius 3 is 1.47 bits per heavy atom. The summed E-state index contributed by atoms with van der Waals surface area (Å²) in [5.74, 6) is 2.81. The second-order valence-electron chi connectivity index (χ2n) is 22.9. The highest BCUT2D eigenvalue weighted by Crippen LogP contribution is 2.47. The first-order valence-electron chi connectivity index (χ1n) is 24.4. The van der Waals surface area contributed by atoms with E-state index in [0.717, 1.165) is 46.6 Å². The summed E-state index contributed by atoms with van der Waals surface area (Å²) in [6.07, 6.45) is 9.77. The second kappa shape index (κ2) is 22.0. The van der Waals surface area contributed by atoms with Crippen LogP contribution in [0.3, 0.4) is 0 Å². The van der Waals surface area contributed by atoms with Gasteiger partial charge in [-0.2, -0.15) is 10.2 Å². The van der Waals surface area contributed by atoms with Crippen molar-refractivity contribution in [2.75, 3.05) is 10.6 Å². The summed E-state index contributed by atoms with van der Waals surface area (Å²) in [5, 5.41) is 27.2. The molecule has 4 aromatic heterocycles. The average Bonchev–Trinajstić information content (AvgIpc) is 3.94. The molecule has 7 rings (SSSR count).